The number of carboxylic acid groups (broad SMARTS) is 1. The molecule has 0 aromatic rings. The second kappa shape index (κ2) is 54.1. The Kier molecular flexibility index (Phi) is 56.2. The molecule has 0 rings (SSSR count). The van der Waals surface area contributed by atoms with E-state index in [1.807, 2.05) is 0 Å². The van der Waals surface area contributed by atoms with Crippen molar-refractivity contribution in [1.82, 2.24) is 0 Å². The van der Waals surface area contributed by atoms with E-state index in [-0.39, 0.29) is 25.3 Å². The first-order valence-corrected chi connectivity index (χ1v) is 26.0. The van der Waals surface area contributed by atoms with Crippen molar-refractivity contribution in [2.75, 3.05) is 0 Å². The fraction of sp³-hybridized carbons (Fsp3) is 0.981. The molecule has 0 atom stereocenters. The maximum Gasteiger partial charge on any atom is 1.00 e. The first-order valence-electron chi connectivity index (χ1n) is 26.0. The first-order chi connectivity index (χ1) is 26.8. The van der Waals surface area contributed by atoms with Gasteiger partial charge in [-0.05, 0) is 12.8 Å². The minimum Gasteiger partial charge on any atom is -0.550 e. The molecule has 0 amide bonds. The van der Waals surface area contributed by atoms with Gasteiger partial charge in [-0.1, -0.05) is 315 Å². The van der Waals surface area contributed by atoms with E-state index in [0.717, 1.165) is 12.8 Å². The molecule has 0 aliphatic rings. The Labute approximate surface area is 361 Å². The molecule has 0 aromatic carbocycles. The van der Waals surface area contributed by atoms with Gasteiger partial charge in [-0.2, -0.15) is 0 Å². The molecule has 0 unspecified atom stereocenters. The van der Waals surface area contributed by atoms with E-state index < -0.39 is 5.97 Å². The van der Waals surface area contributed by atoms with E-state index in [2.05, 4.69) is 6.92 Å². The van der Waals surface area contributed by atoms with Crippen molar-refractivity contribution in [2.45, 2.75) is 328 Å². The average molecular weight is 767 g/mol. The second-order valence-electron chi connectivity index (χ2n) is 18.1. The van der Waals surface area contributed by atoms with Crippen LogP contribution in [-0.2, 0) is 4.79 Å². The Hall–Kier alpha value is 0.0674. The van der Waals surface area contributed by atoms with Crippen LogP contribution < -0.4 is 24.0 Å². The summed E-state index contributed by atoms with van der Waals surface area (Å²) in [5, 5.41) is 10.4. The fourth-order valence-corrected chi connectivity index (χ4v) is 8.65. The third-order valence-corrected chi connectivity index (χ3v) is 12.5. The van der Waals surface area contributed by atoms with Gasteiger partial charge in [0.2, 0.25) is 0 Å². The number of hydrogen-bond donors (Lipinski definition) is 0. The monoisotopic (exact) mass is 767 g/mol. The number of hydrogen-bond acceptors (Lipinski definition) is 2. The number of rotatable bonds is 50. The summed E-state index contributed by atoms with van der Waals surface area (Å²) in [5.74, 6) is -0.896. The third kappa shape index (κ3) is 56.2. The molecule has 55 heavy (non-hydrogen) atoms. The van der Waals surface area contributed by atoms with E-state index in [0.29, 0.717) is 0 Å². The van der Waals surface area contributed by atoms with Crippen molar-refractivity contribution in [1.29, 1.82) is 0 Å². The summed E-state index contributed by atoms with van der Waals surface area (Å²) in [4.78, 5) is 10.4. The van der Waals surface area contributed by atoms with Crippen LogP contribution in [0.1, 0.15) is 328 Å². The summed E-state index contributed by atoms with van der Waals surface area (Å²) in [7, 11) is 0. The molecule has 0 fully saturated rings. The quantitative estimate of drug-likeness (QED) is 0.0457. The zero-order chi connectivity index (χ0) is 38.9. The summed E-state index contributed by atoms with van der Waals surface area (Å²) in [6, 6.07) is 0. The van der Waals surface area contributed by atoms with E-state index in [1.165, 1.54) is 302 Å². The van der Waals surface area contributed by atoms with Gasteiger partial charge in [0.25, 0.3) is 0 Å². The summed E-state index contributed by atoms with van der Waals surface area (Å²) >= 11 is 0. The van der Waals surface area contributed by atoms with Crippen molar-refractivity contribution >= 4 is 5.97 Å². The molecule has 3 heteroatoms. The van der Waals surface area contributed by atoms with Gasteiger partial charge in [0.1, 0.15) is 0 Å². The van der Waals surface area contributed by atoms with Crippen LogP contribution in [0.5, 0.6) is 0 Å². The van der Waals surface area contributed by atoms with Gasteiger partial charge in [0.15, 0.2) is 0 Å². The Balaban J connectivity index is 0. The van der Waals surface area contributed by atoms with Gasteiger partial charge in [0, 0.05) is 5.97 Å². The van der Waals surface area contributed by atoms with Crippen molar-refractivity contribution in [3.05, 3.63) is 0 Å². The van der Waals surface area contributed by atoms with E-state index in [9.17, 15) is 9.90 Å². The Morgan fingerprint density at radius 2 is 0.345 bits per heavy atom. The maximum absolute atomic E-state index is 10.4. The van der Waals surface area contributed by atoms with Gasteiger partial charge in [0.05, 0.1) is 0 Å². The maximum atomic E-state index is 10.4. The molecule has 0 saturated carbocycles. The van der Waals surface area contributed by atoms with Gasteiger partial charge >= 0.3 is 18.9 Å². The Bertz CT molecular complexity index is 666. The molecule has 0 aliphatic heterocycles. The molecule has 0 spiro atoms. The minimum atomic E-state index is -0.896. The molecule has 324 valence electrons. The molecule has 0 aliphatic carbocycles. The molecule has 0 bridgehead atoms. The van der Waals surface area contributed by atoms with Crippen LogP contribution in [0.15, 0.2) is 0 Å². The number of aliphatic carboxylic acids is 1. The average Bonchev–Trinajstić information content (AvgIpc) is 3.17. The zero-order valence-electron chi connectivity index (χ0n) is 38.7. The third-order valence-electron chi connectivity index (χ3n) is 12.5. The van der Waals surface area contributed by atoms with E-state index in [1.54, 1.807) is 0 Å². The van der Waals surface area contributed by atoms with E-state index in [4.69, 9.17) is 0 Å². The molecule has 0 aromatic heterocycles. The van der Waals surface area contributed by atoms with Crippen LogP contribution in [0.25, 0.3) is 0 Å². The van der Waals surface area contributed by atoms with Crippen molar-refractivity contribution in [3.63, 3.8) is 0 Å². The van der Waals surface area contributed by atoms with E-state index >= 15 is 0 Å². The van der Waals surface area contributed by atoms with Crippen LogP contribution in [0.2, 0.25) is 0 Å². The van der Waals surface area contributed by atoms with Crippen molar-refractivity contribution < 1.29 is 28.8 Å². The normalized spacial score (nSPS) is 11.4. The Morgan fingerprint density at radius 3 is 0.455 bits per heavy atom. The SMILES string of the molecule is CCCCCCCCCCCCCCCCCCCCCCCCCCCCCCCCCCCCCCCCCCCCCCCCCCCC(=O)[O-].[Li+]. The predicted octanol–water partition coefficient (Wildman–Crippen LogP) is 15.3. The van der Waals surface area contributed by atoms with Gasteiger partial charge in [-0.3, -0.25) is 0 Å². The molecule has 0 radical (unpaired) electrons. The van der Waals surface area contributed by atoms with Crippen LogP contribution in [0, 0.1) is 0 Å². The minimum absolute atomic E-state index is 0. The van der Waals surface area contributed by atoms with Gasteiger partial charge in [-0.25, -0.2) is 0 Å². The largest absolute Gasteiger partial charge is 1.00 e. The molecular formula is C52H103LiO2. The van der Waals surface area contributed by atoms with Crippen LogP contribution >= 0.6 is 0 Å². The zero-order valence-corrected chi connectivity index (χ0v) is 38.7. The van der Waals surface area contributed by atoms with Crippen LogP contribution in [0.3, 0.4) is 0 Å². The number of carbonyl (C=O) groups is 1. The molecule has 2 nitrogen and oxygen atoms in total. The van der Waals surface area contributed by atoms with Crippen molar-refractivity contribution in [3.8, 4) is 0 Å². The predicted molar refractivity (Wildman–Crippen MR) is 242 cm³/mol. The van der Waals surface area contributed by atoms with Crippen LogP contribution in [-0.4, -0.2) is 5.97 Å². The smallest absolute Gasteiger partial charge is 0.550 e. The molecule has 0 N–H and O–H groups in total. The number of carboxylic acids is 1. The summed E-state index contributed by atoms with van der Waals surface area (Å²) < 4.78 is 0. The number of unbranched alkanes of at least 4 members (excludes halogenated alkanes) is 48. The van der Waals surface area contributed by atoms with Gasteiger partial charge in [-0.15, -0.1) is 0 Å². The summed E-state index contributed by atoms with van der Waals surface area (Å²) in [6.07, 6.45) is 70.4. The topological polar surface area (TPSA) is 40.1 Å². The number of carbonyl (C=O) groups excluding carboxylic acids is 1. The van der Waals surface area contributed by atoms with Crippen molar-refractivity contribution in [2.24, 2.45) is 0 Å². The fourth-order valence-electron chi connectivity index (χ4n) is 8.65. The first kappa shape index (κ1) is 57.2. The summed E-state index contributed by atoms with van der Waals surface area (Å²) in [6.45, 7) is 2.31. The Morgan fingerprint density at radius 1 is 0.236 bits per heavy atom. The molecule has 0 saturated heterocycles. The van der Waals surface area contributed by atoms with Crippen LogP contribution in [0.4, 0.5) is 0 Å². The standard InChI is InChI=1S/C52H104O2.Li/c1-2-3-4-5-6-7-8-9-10-11-12-13-14-15-16-17-18-19-20-21-22-23-24-25-26-27-28-29-30-31-32-33-34-35-36-37-38-39-40-41-42-43-44-45-46-47-48-49-50-51-52(53)54;/h2-51H2,1H3,(H,53,54);/q;+1/p-1. The molecular weight excluding hydrogens is 664 g/mol. The van der Waals surface area contributed by atoms with Gasteiger partial charge < -0.3 is 9.90 Å². The second-order valence-corrected chi connectivity index (χ2v) is 18.1. The summed E-state index contributed by atoms with van der Waals surface area (Å²) in [5.41, 5.74) is 0. The molecule has 0 heterocycles.